The van der Waals surface area contributed by atoms with Gasteiger partial charge in [0.25, 0.3) is 10.0 Å². The molecule has 0 radical (unpaired) electrons. The van der Waals surface area contributed by atoms with Gasteiger partial charge in [0.05, 0.1) is 23.4 Å². The number of nitrogens with one attached hydrogen (secondary N) is 1. The third kappa shape index (κ3) is 2.78. The molecule has 0 unspecified atom stereocenters. The Labute approximate surface area is 103 Å². The smallest absolute Gasteiger partial charge is 0.260 e. The van der Waals surface area contributed by atoms with Gasteiger partial charge in [-0.2, -0.15) is 0 Å². The van der Waals surface area contributed by atoms with E-state index in [1.165, 1.54) is 23.6 Å². The molecule has 0 saturated heterocycles. The summed E-state index contributed by atoms with van der Waals surface area (Å²) in [5.74, 6) is 0. The Morgan fingerprint density at radius 1 is 1.41 bits per heavy atom. The second-order valence-electron chi connectivity index (χ2n) is 3.20. The maximum Gasteiger partial charge on any atom is 0.260 e. The number of nitrogens with two attached hydrogens (primary N) is 1. The number of nitrogen functional groups attached to an aromatic ring is 1. The van der Waals surface area contributed by atoms with Gasteiger partial charge in [-0.15, -0.1) is 11.3 Å². The van der Waals surface area contributed by atoms with Crippen LogP contribution in [0.1, 0.15) is 5.69 Å². The number of aromatic nitrogens is 2. The molecule has 0 amide bonds. The highest BCUT2D eigenvalue weighted by atomic mass is 32.2. The summed E-state index contributed by atoms with van der Waals surface area (Å²) < 4.78 is 26.1. The largest absolute Gasteiger partial charge is 0.396 e. The average molecular weight is 270 g/mol. The number of thiazole rings is 1. The Bertz CT molecular complexity index is 595. The fourth-order valence-corrected chi connectivity index (χ4v) is 2.80. The highest BCUT2D eigenvalue weighted by molar-refractivity contribution is 7.89. The van der Waals surface area contributed by atoms with Crippen LogP contribution in [0.2, 0.25) is 0 Å². The summed E-state index contributed by atoms with van der Waals surface area (Å²) >= 11 is 1.40. The normalized spacial score (nSPS) is 11.5. The molecule has 17 heavy (non-hydrogen) atoms. The van der Waals surface area contributed by atoms with Gasteiger partial charge in [-0.05, 0) is 12.1 Å². The molecule has 2 aromatic rings. The van der Waals surface area contributed by atoms with Crippen LogP contribution in [0.25, 0.3) is 0 Å². The maximum atomic E-state index is 11.9. The van der Waals surface area contributed by atoms with E-state index in [2.05, 4.69) is 14.7 Å². The number of pyridine rings is 1. The number of hydrogen-bond donors (Lipinski definition) is 2. The van der Waals surface area contributed by atoms with Crippen molar-refractivity contribution in [2.75, 3.05) is 5.73 Å². The van der Waals surface area contributed by atoms with Crippen molar-refractivity contribution in [3.63, 3.8) is 0 Å². The van der Waals surface area contributed by atoms with Crippen molar-refractivity contribution >= 4 is 27.0 Å². The van der Waals surface area contributed by atoms with E-state index in [9.17, 15) is 8.42 Å². The zero-order valence-corrected chi connectivity index (χ0v) is 10.3. The Morgan fingerprint density at radius 2 is 2.24 bits per heavy atom. The van der Waals surface area contributed by atoms with Crippen molar-refractivity contribution in [1.29, 1.82) is 0 Å². The first-order valence-electron chi connectivity index (χ1n) is 4.67. The van der Waals surface area contributed by atoms with E-state index in [1.807, 2.05) is 0 Å². The minimum Gasteiger partial charge on any atom is -0.396 e. The lowest BCUT2D eigenvalue weighted by atomic mass is 10.4. The molecular weight excluding hydrogens is 260 g/mol. The van der Waals surface area contributed by atoms with Crippen LogP contribution in [0, 0.1) is 0 Å². The molecule has 0 aliphatic rings. The molecule has 2 aromatic heterocycles. The van der Waals surface area contributed by atoms with Crippen LogP contribution in [0.4, 0.5) is 5.69 Å². The number of rotatable bonds is 4. The SMILES string of the molecule is Nc1cccnc1S(=O)(=O)NCc1cscn1. The van der Waals surface area contributed by atoms with Gasteiger partial charge in [0.2, 0.25) is 0 Å². The van der Waals surface area contributed by atoms with Crippen LogP contribution >= 0.6 is 11.3 Å². The molecule has 2 rings (SSSR count). The van der Waals surface area contributed by atoms with Gasteiger partial charge in [-0.1, -0.05) is 0 Å². The predicted molar refractivity (Wildman–Crippen MR) is 64.8 cm³/mol. The lowest BCUT2D eigenvalue weighted by molar-refractivity contribution is 0.577. The first-order chi connectivity index (χ1) is 8.09. The summed E-state index contributed by atoms with van der Waals surface area (Å²) in [6, 6.07) is 3.07. The van der Waals surface area contributed by atoms with Gasteiger partial charge >= 0.3 is 0 Å². The molecule has 0 fully saturated rings. The molecule has 6 nitrogen and oxygen atoms in total. The monoisotopic (exact) mass is 270 g/mol. The number of sulfonamides is 1. The molecule has 3 N–H and O–H groups in total. The van der Waals surface area contributed by atoms with Crippen LogP contribution in [-0.4, -0.2) is 18.4 Å². The van der Waals surface area contributed by atoms with Crippen LogP contribution in [0.5, 0.6) is 0 Å². The fourth-order valence-electron chi connectivity index (χ4n) is 1.19. The van der Waals surface area contributed by atoms with Crippen molar-refractivity contribution in [3.05, 3.63) is 34.9 Å². The van der Waals surface area contributed by atoms with Crippen molar-refractivity contribution in [3.8, 4) is 0 Å². The van der Waals surface area contributed by atoms with Crippen LogP contribution in [0.15, 0.2) is 34.2 Å². The zero-order valence-electron chi connectivity index (χ0n) is 8.70. The predicted octanol–water partition coefficient (Wildman–Crippen LogP) is 0.599. The Hall–Kier alpha value is -1.51. The fraction of sp³-hybridized carbons (Fsp3) is 0.111. The summed E-state index contributed by atoms with van der Waals surface area (Å²) in [7, 11) is -3.69. The van der Waals surface area contributed by atoms with Gasteiger partial charge in [-0.3, -0.25) is 0 Å². The minimum atomic E-state index is -3.69. The standard InChI is InChI=1S/C9H10N4O2S2/c10-8-2-1-3-11-9(8)17(14,15)13-4-7-5-16-6-12-7/h1-3,5-6,13H,4,10H2. The van der Waals surface area contributed by atoms with Gasteiger partial charge in [-0.25, -0.2) is 23.1 Å². The zero-order chi connectivity index (χ0) is 12.3. The third-order valence-corrected chi connectivity index (χ3v) is 3.99. The van der Waals surface area contributed by atoms with Gasteiger partial charge < -0.3 is 5.73 Å². The summed E-state index contributed by atoms with van der Waals surface area (Å²) in [4.78, 5) is 7.73. The van der Waals surface area contributed by atoms with Crippen LogP contribution in [-0.2, 0) is 16.6 Å². The van der Waals surface area contributed by atoms with Crippen LogP contribution in [0.3, 0.4) is 0 Å². The molecule has 0 saturated carbocycles. The first-order valence-corrected chi connectivity index (χ1v) is 7.09. The lowest BCUT2D eigenvalue weighted by Crippen LogP contribution is -2.25. The van der Waals surface area contributed by atoms with E-state index >= 15 is 0 Å². The molecule has 90 valence electrons. The summed E-state index contributed by atoms with van der Waals surface area (Å²) in [5.41, 5.74) is 7.98. The van der Waals surface area contributed by atoms with Crippen molar-refractivity contribution < 1.29 is 8.42 Å². The Morgan fingerprint density at radius 3 is 2.88 bits per heavy atom. The molecule has 8 heteroatoms. The molecule has 0 atom stereocenters. The first kappa shape index (κ1) is 12.0. The van der Waals surface area contributed by atoms with Crippen molar-refractivity contribution in [1.82, 2.24) is 14.7 Å². The highest BCUT2D eigenvalue weighted by Crippen LogP contribution is 2.14. The van der Waals surface area contributed by atoms with Gasteiger partial charge in [0, 0.05) is 11.6 Å². The minimum absolute atomic E-state index is 0.123. The second-order valence-corrected chi connectivity index (χ2v) is 5.60. The van der Waals surface area contributed by atoms with E-state index in [4.69, 9.17) is 5.73 Å². The molecule has 0 bridgehead atoms. The Balaban J connectivity index is 2.17. The van der Waals surface area contributed by atoms with Gasteiger partial charge in [0.15, 0.2) is 5.03 Å². The molecule has 0 aromatic carbocycles. The third-order valence-electron chi connectivity index (χ3n) is 1.98. The maximum absolute atomic E-state index is 11.9. The molecule has 0 aliphatic heterocycles. The van der Waals surface area contributed by atoms with Crippen LogP contribution < -0.4 is 10.5 Å². The topological polar surface area (TPSA) is 98.0 Å². The molecule has 0 spiro atoms. The quantitative estimate of drug-likeness (QED) is 0.847. The number of anilines is 1. The summed E-state index contributed by atoms with van der Waals surface area (Å²) in [5, 5.41) is 1.61. The molecule has 2 heterocycles. The second kappa shape index (κ2) is 4.78. The Kier molecular flexibility index (Phi) is 3.36. The van der Waals surface area contributed by atoms with Gasteiger partial charge in [0.1, 0.15) is 0 Å². The number of nitrogens with zero attached hydrogens (tertiary/aromatic N) is 2. The van der Waals surface area contributed by atoms with Crippen molar-refractivity contribution in [2.45, 2.75) is 11.6 Å². The lowest BCUT2D eigenvalue weighted by Gasteiger charge is -2.06. The number of hydrogen-bond acceptors (Lipinski definition) is 6. The van der Waals surface area contributed by atoms with E-state index in [0.29, 0.717) is 5.69 Å². The molecule has 0 aliphatic carbocycles. The molecular formula is C9H10N4O2S2. The highest BCUT2D eigenvalue weighted by Gasteiger charge is 2.18. The van der Waals surface area contributed by atoms with E-state index in [0.717, 1.165) is 0 Å². The van der Waals surface area contributed by atoms with Crippen molar-refractivity contribution in [2.24, 2.45) is 0 Å². The van der Waals surface area contributed by atoms with E-state index < -0.39 is 10.0 Å². The van der Waals surface area contributed by atoms with E-state index in [-0.39, 0.29) is 17.3 Å². The summed E-state index contributed by atoms with van der Waals surface area (Å²) in [6.45, 7) is 0.127. The average Bonchev–Trinajstić information content (AvgIpc) is 2.80. The summed E-state index contributed by atoms with van der Waals surface area (Å²) in [6.07, 6.45) is 1.38. The van der Waals surface area contributed by atoms with E-state index in [1.54, 1.807) is 17.0 Å².